The Morgan fingerprint density at radius 1 is 1.05 bits per heavy atom. The van der Waals surface area contributed by atoms with Crippen molar-refractivity contribution in [2.24, 2.45) is 0 Å². The van der Waals surface area contributed by atoms with Crippen LogP contribution in [0.3, 0.4) is 0 Å². The molecule has 0 fully saturated rings. The predicted octanol–water partition coefficient (Wildman–Crippen LogP) is 5.80. The monoisotopic (exact) mass is 573 g/mol. The Kier molecular flexibility index (Phi) is 6.49. The first-order valence-electron chi connectivity index (χ1n) is 12.9. The Labute approximate surface area is 236 Å². The summed E-state index contributed by atoms with van der Waals surface area (Å²) in [6.45, 7) is 7.26. The van der Waals surface area contributed by atoms with Crippen LogP contribution in [-0.4, -0.2) is 35.2 Å². The highest BCUT2D eigenvalue weighted by Gasteiger charge is 2.27. The average Bonchev–Trinajstić information content (AvgIpc) is 3.51. The summed E-state index contributed by atoms with van der Waals surface area (Å²) in [5, 5.41) is 7.06. The summed E-state index contributed by atoms with van der Waals surface area (Å²) in [7, 11) is 0. The van der Waals surface area contributed by atoms with Gasteiger partial charge in [-0.1, -0.05) is 12.1 Å². The molecule has 1 atom stereocenters. The molecule has 0 spiro atoms. The number of benzene rings is 2. The first-order valence-corrected chi connectivity index (χ1v) is 13.7. The van der Waals surface area contributed by atoms with Gasteiger partial charge in [-0.25, -0.2) is 28.4 Å². The lowest BCUT2D eigenvalue weighted by molar-refractivity contribution is 0.231. The molecular weight excluding hydrogens is 548 g/mol. The molecule has 4 heterocycles. The van der Waals surface area contributed by atoms with Crippen molar-refractivity contribution in [1.82, 2.24) is 29.1 Å². The smallest absolute Gasteiger partial charge is 0.266 e. The van der Waals surface area contributed by atoms with Gasteiger partial charge in [0.2, 0.25) is 0 Å². The van der Waals surface area contributed by atoms with E-state index < -0.39 is 17.7 Å². The van der Waals surface area contributed by atoms with Crippen molar-refractivity contribution in [1.29, 1.82) is 0 Å². The lowest BCUT2D eigenvalue weighted by atomic mass is 10.0. The van der Waals surface area contributed by atoms with E-state index in [1.165, 1.54) is 46.3 Å². The topological polar surface area (TPSA) is 113 Å². The Bertz CT molecular complexity index is 2010. The standard InChI is InChI=1S/C29H25F2N7O2S/c1-14(2)40-21-9-8-18(11-20(21)31)25-23-26(32)33-13-34-27(23)38(36-25)16(4)24-22(17-6-5-7-19(30)10-17)28(39)37-15(3)12-41-29(37)35-24/h5-14,16H,1-4H3,(H2,32,33,34). The van der Waals surface area contributed by atoms with Crippen molar-refractivity contribution in [3.8, 4) is 28.1 Å². The molecule has 0 bridgehead atoms. The maximum Gasteiger partial charge on any atom is 0.266 e. The zero-order valence-electron chi connectivity index (χ0n) is 22.6. The van der Waals surface area contributed by atoms with Crippen LogP contribution in [0.2, 0.25) is 0 Å². The van der Waals surface area contributed by atoms with Crippen molar-refractivity contribution in [2.75, 3.05) is 5.73 Å². The normalized spacial score (nSPS) is 12.5. The quantitative estimate of drug-likeness (QED) is 0.268. The fraction of sp³-hybridized carbons (Fsp3) is 0.207. The summed E-state index contributed by atoms with van der Waals surface area (Å²) in [5.74, 6) is -0.751. The van der Waals surface area contributed by atoms with Crippen molar-refractivity contribution in [3.05, 3.63) is 87.5 Å². The summed E-state index contributed by atoms with van der Waals surface area (Å²) in [6, 6.07) is 9.72. The van der Waals surface area contributed by atoms with Gasteiger partial charge in [0.05, 0.1) is 28.8 Å². The molecule has 6 aromatic rings. The van der Waals surface area contributed by atoms with Gasteiger partial charge in [-0.15, -0.1) is 11.3 Å². The van der Waals surface area contributed by atoms with Crippen LogP contribution in [0.15, 0.2) is 59.0 Å². The molecule has 0 aliphatic carbocycles. The number of nitrogens with zero attached hydrogens (tertiary/aromatic N) is 6. The maximum atomic E-state index is 15.0. The largest absolute Gasteiger partial charge is 0.488 e. The van der Waals surface area contributed by atoms with E-state index in [0.717, 1.165) is 5.69 Å². The highest BCUT2D eigenvalue weighted by molar-refractivity contribution is 7.15. The molecule has 0 aliphatic heterocycles. The van der Waals surface area contributed by atoms with Crippen molar-refractivity contribution >= 4 is 33.1 Å². The van der Waals surface area contributed by atoms with Gasteiger partial charge in [0.25, 0.3) is 5.56 Å². The van der Waals surface area contributed by atoms with Gasteiger partial charge >= 0.3 is 0 Å². The first kappa shape index (κ1) is 26.5. The van der Waals surface area contributed by atoms with Gasteiger partial charge in [-0.2, -0.15) is 5.10 Å². The summed E-state index contributed by atoms with van der Waals surface area (Å²) < 4.78 is 38.0. The third-order valence-electron chi connectivity index (χ3n) is 6.73. The molecule has 6 rings (SSSR count). The minimum atomic E-state index is -0.660. The number of halogens is 2. The molecule has 1 unspecified atom stereocenters. The summed E-state index contributed by atoms with van der Waals surface area (Å²) in [6.07, 6.45) is 1.11. The van der Waals surface area contributed by atoms with Crippen molar-refractivity contribution in [3.63, 3.8) is 0 Å². The molecule has 208 valence electrons. The predicted molar refractivity (Wildman–Crippen MR) is 154 cm³/mol. The molecule has 12 heteroatoms. The second-order valence-electron chi connectivity index (χ2n) is 9.92. The molecular formula is C29H25F2N7O2S. The second-order valence-corrected chi connectivity index (χ2v) is 10.8. The molecule has 4 aromatic heterocycles. The van der Waals surface area contributed by atoms with Crippen LogP contribution < -0.4 is 16.0 Å². The van der Waals surface area contributed by atoms with Crippen LogP contribution in [0.4, 0.5) is 14.6 Å². The minimum Gasteiger partial charge on any atom is -0.488 e. The van der Waals surface area contributed by atoms with Gasteiger partial charge in [-0.3, -0.25) is 9.20 Å². The third-order valence-corrected chi connectivity index (χ3v) is 7.67. The van der Waals surface area contributed by atoms with Gasteiger partial charge in [-0.05, 0) is 63.6 Å². The van der Waals surface area contributed by atoms with E-state index in [-0.39, 0.29) is 28.8 Å². The van der Waals surface area contributed by atoms with E-state index in [9.17, 15) is 13.6 Å². The van der Waals surface area contributed by atoms with E-state index in [1.807, 2.05) is 33.1 Å². The lowest BCUT2D eigenvalue weighted by Gasteiger charge is -2.17. The average molecular weight is 574 g/mol. The molecule has 0 saturated heterocycles. The van der Waals surface area contributed by atoms with Crippen LogP contribution in [0.1, 0.15) is 38.2 Å². The Morgan fingerprint density at radius 2 is 1.85 bits per heavy atom. The molecule has 2 N–H and O–H groups in total. The number of ether oxygens (including phenoxy) is 1. The molecule has 0 saturated carbocycles. The minimum absolute atomic E-state index is 0.119. The van der Waals surface area contributed by atoms with Gasteiger partial charge in [0.15, 0.2) is 22.2 Å². The molecule has 41 heavy (non-hydrogen) atoms. The van der Waals surface area contributed by atoms with Crippen LogP contribution >= 0.6 is 11.3 Å². The number of nitrogen functional groups attached to an aromatic ring is 1. The molecule has 9 nitrogen and oxygen atoms in total. The van der Waals surface area contributed by atoms with E-state index >= 15 is 0 Å². The van der Waals surface area contributed by atoms with Crippen molar-refractivity contribution < 1.29 is 13.5 Å². The second kappa shape index (κ2) is 10.0. The van der Waals surface area contributed by atoms with Crippen LogP contribution in [0.25, 0.3) is 38.4 Å². The zero-order chi connectivity index (χ0) is 29.0. The molecule has 0 aliphatic rings. The Hall–Kier alpha value is -4.71. The fourth-order valence-electron chi connectivity index (χ4n) is 4.90. The highest BCUT2D eigenvalue weighted by Crippen LogP contribution is 2.36. The number of aromatic nitrogens is 6. The first-order chi connectivity index (χ1) is 19.6. The van der Waals surface area contributed by atoms with E-state index in [1.54, 1.807) is 22.9 Å². The maximum absolute atomic E-state index is 15.0. The summed E-state index contributed by atoms with van der Waals surface area (Å²) in [4.78, 5) is 27.8. The zero-order valence-corrected chi connectivity index (χ0v) is 23.4. The van der Waals surface area contributed by atoms with Crippen LogP contribution in [0, 0.1) is 18.6 Å². The number of anilines is 1. The number of rotatable bonds is 6. The number of aryl methyl sites for hydroxylation is 1. The van der Waals surface area contributed by atoms with Gasteiger partial charge in [0.1, 0.15) is 23.7 Å². The van der Waals surface area contributed by atoms with Crippen LogP contribution in [0.5, 0.6) is 5.75 Å². The number of hydrogen-bond donors (Lipinski definition) is 1. The summed E-state index contributed by atoms with van der Waals surface area (Å²) >= 11 is 1.33. The van der Waals surface area contributed by atoms with Gasteiger partial charge < -0.3 is 10.5 Å². The van der Waals surface area contributed by atoms with E-state index in [4.69, 9.17) is 20.6 Å². The van der Waals surface area contributed by atoms with Gasteiger partial charge in [0, 0.05) is 16.6 Å². The van der Waals surface area contributed by atoms with E-state index in [2.05, 4.69) is 9.97 Å². The summed E-state index contributed by atoms with van der Waals surface area (Å²) in [5.41, 5.74) is 8.86. The number of hydrogen-bond acceptors (Lipinski definition) is 8. The Morgan fingerprint density at radius 3 is 2.59 bits per heavy atom. The number of fused-ring (bicyclic) bond motifs is 2. The van der Waals surface area contributed by atoms with E-state index in [0.29, 0.717) is 38.5 Å². The fourth-order valence-corrected chi connectivity index (χ4v) is 5.76. The molecule has 0 amide bonds. The lowest BCUT2D eigenvalue weighted by Crippen LogP contribution is -2.23. The number of nitrogens with two attached hydrogens (primary N) is 1. The number of thiazole rings is 1. The van der Waals surface area contributed by atoms with Crippen molar-refractivity contribution in [2.45, 2.75) is 39.8 Å². The molecule has 2 aromatic carbocycles. The van der Waals surface area contributed by atoms with Crippen LogP contribution in [-0.2, 0) is 0 Å². The third kappa shape index (κ3) is 4.49. The highest BCUT2D eigenvalue weighted by atomic mass is 32.1. The SMILES string of the molecule is Cc1csc2nc(C(C)n3nc(-c4ccc(OC(C)C)c(F)c4)c4c(N)ncnc43)c(-c3cccc(F)c3)c(=O)n12. The Balaban J connectivity index is 1.59. The molecule has 0 radical (unpaired) electrons.